The number of anilines is 1. The molecule has 1 N–H and O–H groups in total. The maximum absolute atomic E-state index is 12.3. The van der Waals surface area contributed by atoms with Crippen molar-refractivity contribution in [2.75, 3.05) is 5.32 Å². The molecule has 0 radical (unpaired) electrons. The lowest BCUT2D eigenvalue weighted by Crippen LogP contribution is -2.29. The molecule has 0 aliphatic heterocycles. The van der Waals surface area contributed by atoms with Gasteiger partial charge < -0.3 is 9.73 Å². The van der Waals surface area contributed by atoms with Crippen LogP contribution in [0.15, 0.2) is 51.8 Å². The van der Waals surface area contributed by atoms with Gasteiger partial charge in [0.05, 0.1) is 0 Å². The van der Waals surface area contributed by atoms with Crippen LogP contribution in [0.4, 0.5) is 5.69 Å². The number of oxazole rings is 1. The largest absolute Gasteiger partial charge is 0.421 e. The second-order valence-corrected chi connectivity index (χ2v) is 5.17. The second-order valence-electron chi connectivity index (χ2n) is 4.74. The van der Waals surface area contributed by atoms with Gasteiger partial charge in [0.15, 0.2) is 11.2 Å². The van der Waals surface area contributed by atoms with E-state index in [0.717, 1.165) is 0 Å². The van der Waals surface area contributed by atoms with E-state index in [1.807, 2.05) is 0 Å². The fourth-order valence-corrected chi connectivity index (χ4v) is 2.24. The molecule has 1 amide bonds. The average molecular weight is 318 g/mol. The third-order valence-electron chi connectivity index (χ3n) is 3.25. The van der Waals surface area contributed by atoms with Crippen molar-refractivity contribution in [2.45, 2.75) is 13.0 Å². The fraction of sp³-hybridized carbons (Fsp3) is 0.133. The Morgan fingerprint density at radius 2 is 2.05 bits per heavy atom. The standard InChI is InChI=1S/C15H12ClN3O3/c1-9(14(20)18-11-6-4-10(16)5-7-11)19-13-12(22-15(19)21)3-2-8-17-13/h2-9H,1H3,(H,18,20). The molecule has 2 heterocycles. The Morgan fingerprint density at radius 3 is 2.77 bits per heavy atom. The van der Waals surface area contributed by atoms with E-state index >= 15 is 0 Å². The lowest BCUT2D eigenvalue weighted by molar-refractivity contribution is -0.118. The van der Waals surface area contributed by atoms with Crippen LogP contribution >= 0.6 is 11.6 Å². The molecule has 2 aromatic heterocycles. The van der Waals surface area contributed by atoms with Crippen LogP contribution in [-0.4, -0.2) is 15.5 Å². The molecule has 0 saturated heterocycles. The summed E-state index contributed by atoms with van der Waals surface area (Å²) in [5.41, 5.74) is 1.28. The first-order valence-corrected chi connectivity index (χ1v) is 6.96. The van der Waals surface area contributed by atoms with E-state index < -0.39 is 11.8 Å². The van der Waals surface area contributed by atoms with Crippen molar-refractivity contribution in [3.63, 3.8) is 0 Å². The van der Waals surface area contributed by atoms with Gasteiger partial charge in [-0.1, -0.05) is 11.6 Å². The van der Waals surface area contributed by atoms with E-state index in [9.17, 15) is 9.59 Å². The smallest absolute Gasteiger partial charge is 0.406 e. The summed E-state index contributed by atoms with van der Waals surface area (Å²) in [7, 11) is 0. The highest BCUT2D eigenvalue weighted by atomic mass is 35.5. The Labute approximate surface area is 130 Å². The van der Waals surface area contributed by atoms with E-state index in [-0.39, 0.29) is 5.91 Å². The van der Waals surface area contributed by atoms with Crippen molar-refractivity contribution in [1.82, 2.24) is 9.55 Å². The number of pyridine rings is 1. The summed E-state index contributed by atoms with van der Waals surface area (Å²) in [6.07, 6.45) is 1.54. The molecule has 0 fully saturated rings. The van der Waals surface area contributed by atoms with E-state index in [1.165, 1.54) is 10.8 Å². The van der Waals surface area contributed by atoms with E-state index in [1.54, 1.807) is 43.3 Å². The number of nitrogens with one attached hydrogen (secondary N) is 1. The van der Waals surface area contributed by atoms with Gasteiger partial charge in [-0.25, -0.2) is 14.3 Å². The topological polar surface area (TPSA) is 77.1 Å². The van der Waals surface area contributed by atoms with Gasteiger partial charge in [-0.15, -0.1) is 0 Å². The van der Waals surface area contributed by atoms with Gasteiger partial charge >= 0.3 is 5.76 Å². The van der Waals surface area contributed by atoms with Gasteiger partial charge in [-0.05, 0) is 43.3 Å². The number of hydrogen-bond donors (Lipinski definition) is 1. The van der Waals surface area contributed by atoms with Crippen molar-refractivity contribution in [3.05, 3.63) is 58.2 Å². The molecular formula is C15H12ClN3O3. The van der Waals surface area contributed by atoms with Crippen LogP contribution in [0, 0.1) is 0 Å². The molecule has 0 aliphatic carbocycles. The lowest BCUT2D eigenvalue weighted by Gasteiger charge is -2.12. The minimum absolute atomic E-state index is 0.339. The van der Waals surface area contributed by atoms with Crippen molar-refractivity contribution >= 4 is 34.4 Å². The number of benzene rings is 1. The molecule has 0 bridgehead atoms. The van der Waals surface area contributed by atoms with Gasteiger partial charge in [0.25, 0.3) is 0 Å². The Balaban J connectivity index is 1.90. The number of halogens is 1. The monoisotopic (exact) mass is 317 g/mol. The van der Waals surface area contributed by atoms with Crippen LogP contribution in [0.3, 0.4) is 0 Å². The van der Waals surface area contributed by atoms with Crippen LogP contribution in [-0.2, 0) is 4.79 Å². The Morgan fingerprint density at radius 1 is 1.32 bits per heavy atom. The zero-order chi connectivity index (χ0) is 15.7. The second kappa shape index (κ2) is 5.65. The minimum Gasteiger partial charge on any atom is -0.406 e. The Kier molecular flexibility index (Phi) is 3.68. The van der Waals surface area contributed by atoms with Gasteiger partial charge in [0.2, 0.25) is 5.91 Å². The minimum atomic E-state index is -0.765. The van der Waals surface area contributed by atoms with Crippen LogP contribution in [0.1, 0.15) is 13.0 Å². The summed E-state index contributed by atoms with van der Waals surface area (Å²) >= 11 is 5.80. The molecular weight excluding hydrogens is 306 g/mol. The quantitative estimate of drug-likeness (QED) is 0.805. The highest BCUT2D eigenvalue weighted by Crippen LogP contribution is 2.18. The predicted octanol–water partition coefficient (Wildman–Crippen LogP) is 2.84. The van der Waals surface area contributed by atoms with Crippen molar-refractivity contribution in [1.29, 1.82) is 0 Å². The summed E-state index contributed by atoms with van der Waals surface area (Å²) in [6, 6.07) is 9.23. The molecule has 1 atom stereocenters. The number of nitrogens with zero attached hydrogens (tertiary/aromatic N) is 2. The predicted molar refractivity (Wildman–Crippen MR) is 83.1 cm³/mol. The number of carbonyl (C=O) groups excluding carboxylic acids is 1. The van der Waals surface area contributed by atoms with Gasteiger partial charge in [0.1, 0.15) is 6.04 Å². The highest BCUT2D eigenvalue weighted by molar-refractivity contribution is 6.30. The average Bonchev–Trinajstić information content (AvgIpc) is 2.84. The van der Waals surface area contributed by atoms with E-state index in [2.05, 4.69) is 10.3 Å². The lowest BCUT2D eigenvalue weighted by atomic mass is 10.2. The molecule has 22 heavy (non-hydrogen) atoms. The molecule has 112 valence electrons. The fourth-order valence-electron chi connectivity index (χ4n) is 2.11. The molecule has 1 unspecified atom stereocenters. The summed E-state index contributed by atoms with van der Waals surface area (Å²) in [5.74, 6) is -0.967. The number of fused-ring (bicyclic) bond motifs is 1. The van der Waals surface area contributed by atoms with Gasteiger partial charge in [0, 0.05) is 16.9 Å². The molecule has 6 nitrogen and oxygen atoms in total. The first-order chi connectivity index (χ1) is 10.6. The molecule has 3 aromatic rings. The number of hydrogen-bond acceptors (Lipinski definition) is 4. The van der Waals surface area contributed by atoms with Crippen LogP contribution < -0.4 is 11.1 Å². The first kappa shape index (κ1) is 14.3. The van der Waals surface area contributed by atoms with E-state index in [4.69, 9.17) is 16.0 Å². The molecule has 0 spiro atoms. The van der Waals surface area contributed by atoms with Gasteiger partial charge in [-0.3, -0.25) is 4.79 Å². The Bertz CT molecular complexity index is 883. The molecule has 0 saturated carbocycles. The summed E-state index contributed by atoms with van der Waals surface area (Å²) in [4.78, 5) is 28.4. The van der Waals surface area contributed by atoms with Crippen molar-refractivity contribution < 1.29 is 9.21 Å². The first-order valence-electron chi connectivity index (χ1n) is 6.59. The zero-order valence-electron chi connectivity index (χ0n) is 11.6. The Hall–Kier alpha value is -2.60. The van der Waals surface area contributed by atoms with Gasteiger partial charge in [-0.2, -0.15) is 0 Å². The number of rotatable bonds is 3. The summed E-state index contributed by atoms with van der Waals surface area (Å²) in [5, 5.41) is 3.30. The molecule has 3 rings (SSSR count). The van der Waals surface area contributed by atoms with Crippen LogP contribution in [0.25, 0.3) is 11.2 Å². The number of aromatic nitrogens is 2. The molecule has 0 aliphatic rings. The van der Waals surface area contributed by atoms with Crippen LogP contribution in [0.2, 0.25) is 5.02 Å². The third kappa shape index (κ3) is 2.60. The number of amides is 1. The van der Waals surface area contributed by atoms with Crippen molar-refractivity contribution in [3.8, 4) is 0 Å². The SMILES string of the molecule is CC(C(=O)Nc1ccc(Cl)cc1)n1c(=O)oc2cccnc21. The maximum atomic E-state index is 12.3. The summed E-state index contributed by atoms with van der Waals surface area (Å²) < 4.78 is 6.31. The van der Waals surface area contributed by atoms with E-state index in [0.29, 0.717) is 21.9 Å². The molecule has 1 aromatic carbocycles. The maximum Gasteiger partial charge on any atom is 0.421 e. The number of carbonyl (C=O) groups is 1. The molecule has 7 heteroatoms. The van der Waals surface area contributed by atoms with Crippen LogP contribution in [0.5, 0.6) is 0 Å². The highest BCUT2D eigenvalue weighted by Gasteiger charge is 2.22. The van der Waals surface area contributed by atoms with Crippen molar-refractivity contribution in [2.24, 2.45) is 0 Å². The zero-order valence-corrected chi connectivity index (χ0v) is 12.4. The summed E-state index contributed by atoms with van der Waals surface area (Å²) in [6.45, 7) is 1.61. The third-order valence-corrected chi connectivity index (χ3v) is 3.50. The normalized spacial score (nSPS) is 12.3.